The van der Waals surface area contributed by atoms with Gasteiger partial charge in [-0.1, -0.05) is 0 Å². The molecule has 1 aliphatic heterocycles. The van der Waals surface area contributed by atoms with Crippen molar-refractivity contribution in [2.45, 2.75) is 36.9 Å². The van der Waals surface area contributed by atoms with Crippen molar-refractivity contribution in [3.63, 3.8) is 0 Å². The molecule has 4 N–H and O–H groups in total. The zero-order chi connectivity index (χ0) is 8.72. The Morgan fingerprint density at radius 2 is 2.00 bits per heavy atom. The first kappa shape index (κ1) is 8.40. The maximum Gasteiger partial charge on any atom is 0.147 e. The summed E-state index contributed by atoms with van der Waals surface area (Å²) in [6.07, 6.45) is -1.62. The van der Waals surface area contributed by atoms with Crippen molar-refractivity contribution in [2.75, 3.05) is 6.79 Å². The number of fused-ring (bicyclic) bond motifs is 1. The summed E-state index contributed by atoms with van der Waals surface area (Å²) >= 11 is 0. The third-order valence-corrected chi connectivity index (χ3v) is 2.56. The molecule has 1 aliphatic carbocycles. The Kier molecular flexibility index (Phi) is 2.05. The van der Waals surface area contributed by atoms with Gasteiger partial charge in [-0.3, -0.25) is 0 Å². The molecule has 2 fully saturated rings. The van der Waals surface area contributed by atoms with Crippen LogP contribution in [-0.4, -0.2) is 47.5 Å². The smallest absolute Gasteiger partial charge is 0.147 e. The molecule has 1 saturated heterocycles. The van der Waals surface area contributed by atoms with Crippen LogP contribution >= 0.6 is 0 Å². The van der Waals surface area contributed by atoms with Crippen LogP contribution in [0.3, 0.4) is 0 Å². The normalized spacial score (nSPS) is 53.8. The van der Waals surface area contributed by atoms with E-state index in [1.807, 2.05) is 0 Å². The summed E-state index contributed by atoms with van der Waals surface area (Å²) in [6, 6.07) is -0.618. The van der Waals surface area contributed by atoms with Gasteiger partial charge in [0.15, 0.2) is 0 Å². The molecule has 0 spiro atoms. The SMILES string of the molecule is N[C@H]1C(O)[C@@H]2OCO[C@@H]2C[C@H]1O. The number of hydrogen-bond donors (Lipinski definition) is 3. The lowest BCUT2D eigenvalue weighted by Gasteiger charge is -2.35. The first-order chi connectivity index (χ1) is 5.70. The summed E-state index contributed by atoms with van der Waals surface area (Å²) < 4.78 is 10.3. The molecule has 2 rings (SSSR count). The van der Waals surface area contributed by atoms with Gasteiger partial charge in [-0.15, -0.1) is 0 Å². The zero-order valence-corrected chi connectivity index (χ0v) is 6.59. The molecule has 0 aromatic rings. The van der Waals surface area contributed by atoms with E-state index in [0.29, 0.717) is 6.42 Å². The molecule has 5 atom stereocenters. The van der Waals surface area contributed by atoms with Crippen molar-refractivity contribution in [3.8, 4) is 0 Å². The van der Waals surface area contributed by atoms with E-state index < -0.39 is 18.2 Å². The Hall–Kier alpha value is -0.200. The highest BCUT2D eigenvalue weighted by atomic mass is 16.7. The lowest BCUT2D eigenvalue weighted by Crippen LogP contribution is -2.58. The van der Waals surface area contributed by atoms with Crippen molar-refractivity contribution in [1.29, 1.82) is 0 Å². The maximum atomic E-state index is 9.53. The Bertz CT molecular complexity index is 177. The Labute approximate surface area is 70.1 Å². The highest BCUT2D eigenvalue weighted by Gasteiger charge is 2.45. The second-order valence-corrected chi connectivity index (χ2v) is 3.33. The fourth-order valence-corrected chi connectivity index (χ4v) is 1.77. The molecule has 0 bridgehead atoms. The van der Waals surface area contributed by atoms with Crippen LogP contribution in [0.25, 0.3) is 0 Å². The minimum Gasteiger partial charge on any atom is -0.391 e. The molecule has 5 nitrogen and oxygen atoms in total. The Balaban J connectivity index is 2.10. The standard InChI is InChI=1S/C7H13NO4/c8-5-3(9)1-4-7(6(5)10)12-2-11-4/h3-7,9-10H,1-2,8H2/t3-,4-,5-,6?,7-/m1/s1. The fraction of sp³-hybridized carbons (Fsp3) is 1.00. The van der Waals surface area contributed by atoms with Gasteiger partial charge in [0.1, 0.15) is 19.0 Å². The number of rotatable bonds is 0. The van der Waals surface area contributed by atoms with E-state index in [1.54, 1.807) is 0 Å². The lowest BCUT2D eigenvalue weighted by atomic mass is 9.86. The molecule has 0 amide bonds. The summed E-state index contributed by atoms with van der Waals surface area (Å²) in [4.78, 5) is 0. The summed E-state index contributed by atoms with van der Waals surface area (Å²) in [5.74, 6) is 0. The molecule has 2 aliphatic rings. The van der Waals surface area contributed by atoms with Crippen LogP contribution in [0.4, 0.5) is 0 Å². The van der Waals surface area contributed by atoms with Crippen LogP contribution in [0, 0.1) is 0 Å². The van der Waals surface area contributed by atoms with Crippen LogP contribution in [-0.2, 0) is 9.47 Å². The van der Waals surface area contributed by atoms with Crippen LogP contribution < -0.4 is 5.73 Å². The van der Waals surface area contributed by atoms with E-state index in [9.17, 15) is 10.2 Å². The molecule has 12 heavy (non-hydrogen) atoms. The largest absolute Gasteiger partial charge is 0.391 e. The minimum atomic E-state index is -0.818. The molecule has 1 unspecified atom stereocenters. The summed E-state index contributed by atoms with van der Waals surface area (Å²) in [5.41, 5.74) is 5.54. The van der Waals surface area contributed by atoms with Gasteiger partial charge in [0.2, 0.25) is 0 Å². The third-order valence-electron chi connectivity index (χ3n) is 2.56. The third kappa shape index (κ3) is 1.14. The average molecular weight is 175 g/mol. The van der Waals surface area contributed by atoms with Crippen molar-refractivity contribution < 1.29 is 19.7 Å². The van der Waals surface area contributed by atoms with Crippen molar-refractivity contribution in [2.24, 2.45) is 5.73 Å². The minimum absolute atomic E-state index is 0.186. The topological polar surface area (TPSA) is 84.9 Å². The van der Waals surface area contributed by atoms with Crippen LogP contribution in [0.15, 0.2) is 0 Å². The molecule has 0 radical (unpaired) electrons. The highest BCUT2D eigenvalue weighted by molar-refractivity contribution is 4.97. The molecular formula is C7H13NO4. The molecule has 5 heteroatoms. The van der Waals surface area contributed by atoms with E-state index in [2.05, 4.69) is 0 Å². The monoisotopic (exact) mass is 175 g/mol. The van der Waals surface area contributed by atoms with Gasteiger partial charge in [0.05, 0.1) is 18.2 Å². The van der Waals surface area contributed by atoms with Gasteiger partial charge in [-0.25, -0.2) is 0 Å². The van der Waals surface area contributed by atoms with Gasteiger partial charge in [0.25, 0.3) is 0 Å². The van der Waals surface area contributed by atoms with Crippen LogP contribution in [0.2, 0.25) is 0 Å². The molecule has 0 aromatic heterocycles. The van der Waals surface area contributed by atoms with Gasteiger partial charge in [0, 0.05) is 6.42 Å². The van der Waals surface area contributed by atoms with E-state index >= 15 is 0 Å². The molecule has 1 heterocycles. The van der Waals surface area contributed by atoms with E-state index in [1.165, 1.54) is 0 Å². The highest BCUT2D eigenvalue weighted by Crippen LogP contribution is 2.28. The van der Waals surface area contributed by atoms with E-state index in [-0.39, 0.29) is 19.0 Å². The van der Waals surface area contributed by atoms with E-state index in [0.717, 1.165) is 0 Å². The van der Waals surface area contributed by atoms with E-state index in [4.69, 9.17) is 15.2 Å². The number of nitrogens with two attached hydrogens (primary N) is 1. The Morgan fingerprint density at radius 3 is 2.75 bits per heavy atom. The first-order valence-electron chi connectivity index (χ1n) is 4.05. The molecular weight excluding hydrogens is 162 g/mol. The average Bonchev–Trinajstić information content (AvgIpc) is 2.48. The number of hydrogen-bond acceptors (Lipinski definition) is 5. The van der Waals surface area contributed by atoms with Gasteiger partial charge in [-0.2, -0.15) is 0 Å². The predicted octanol–water partition coefficient (Wildman–Crippen LogP) is -1.82. The van der Waals surface area contributed by atoms with Crippen LogP contribution in [0.5, 0.6) is 0 Å². The second kappa shape index (κ2) is 2.93. The Morgan fingerprint density at radius 1 is 1.25 bits per heavy atom. The second-order valence-electron chi connectivity index (χ2n) is 3.33. The summed E-state index contributed by atoms with van der Waals surface area (Å²) in [7, 11) is 0. The quantitative estimate of drug-likeness (QED) is 0.403. The number of aliphatic hydroxyl groups excluding tert-OH is 2. The summed E-state index contributed by atoms with van der Waals surface area (Å²) in [6.45, 7) is 0.186. The molecule has 70 valence electrons. The van der Waals surface area contributed by atoms with Gasteiger partial charge in [-0.05, 0) is 0 Å². The van der Waals surface area contributed by atoms with Crippen molar-refractivity contribution >= 4 is 0 Å². The van der Waals surface area contributed by atoms with Gasteiger partial charge >= 0.3 is 0 Å². The van der Waals surface area contributed by atoms with Crippen molar-refractivity contribution in [3.05, 3.63) is 0 Å². The maximum absolute atomic E-state index is 9.53. The predicted molar refractivity (Wildman–Crippen MR) is 39.2 cm³/mol. The number of ether oxygens (including phenoxy) is 2. The first-order valence-corrected chi connectivity index (χ1v) is 4.05. The molecule has 0 aromatic carbocycles. The number of aliphatic hydroxyl groups is 2. The van der Waals surface area contributed by atoms with Crippen molar-refractivity contribution in [1.82, 2.24) is 0 Å². The zero-order valence-electron chi connectivity index (χ0n) is 6.59. The molecule has 1 saturated carbocycles. The van der Waals surface area contributed by atoms with Gasteiger partial charge < -0.3 is 25.4 Å². The lowest BCUT2D eigenvalue weighted by molar-refractivity contribution is -0.0771. The van der Waals surface area contributed by atoms with Crippen LogP contribution in [0.1, 0.15) is 6.42 Å². The summed E-state index contributed by atoms with van der Waals surface area (Å²) in [5, 5.41) is 18.9. The fourth-order valence-electron chi connectivity index (χ4n) is 1.77.